The molecule has 25 heavy (non-hydrogen) atoms. The van der Waals surface area contributed by atoms with Gasteiger partial charge in [0.25, 0.3) is 0 Å². The van der Waals surface area contributed by atoms with Crippen molar-refractivity contribution in [3.8, 4) is 11.3 Å². The molecule has 0 bridgehead atoms. The molecule has 0 unspecified atom stereocenters. The van der Waals surface area contributed by atoms with Gasteiger partial charge in [-0.05, 0) is 36.4 Å². The Morgan fingerprint density at radius 3 is 2.72 bits per heavy atom. The van der Waals surface area contributed by atoms with Gasteiger partial charge in [-0.15, -0.1) is 0 Å². The first kappa shape index (κ1) is 16.5. The molecule has 0 aliphatic heterocycles. The van der Waals surface area contributed by atoms with Crippen LogP contribution < -0.4 is 5.43 Å². The topological polar surface area (TPSA) is 105 Å². The molecule has 0 aliphatic rings. The van der Waals surface area contributed by atoms with Gasteiger partial charge in [0.1, 0.15) is 11.5 Å². The minimum absolute atomic E-state index is 0.0133. The van der Waals surface area contributed by atoms with Gasteiger partial charge < -0.3 is 13.9 Å². The lowest BCUT2D eigenvalue weighted by atomic mass is 10.1. The minimum atomic E-state index is -1.10. The standard InChI is InChI=1S/C17H11ClN2O5/c18-13-8-10(3-5-12(13)17(22)23)14-6-4-11(25-14)9-19-20-16(21)15-2-1-7-24-15/h1-9H,(H,20,21)(H,22,23)/b19-9+. The van der Waals surface area contributed by atoms with Gasteiger partial charge in [0.15, 0.2) is 5.76 Å². The zero-order valence-electron chi connectivity index (χ0n) is 12.6. The van der Waals surface area contributed by atoms with Crippen LogP contribution in [0.3, 0.4) is 0 Å². The highest BCUT2D eigenvalue weighted by Gasteiger charge is 2.11. The second-order valence-electron chi connectivity index (χ2n) is 4.88. The maximum Gasteiger partial charge on any atom is 0.337 e. The van der Waals surface area contributed by atoms with E-state index in [1.54, 1.807) is 24.3 Å². The summed E-state index contributed by atoms with van der Waals surface area (Å²) in [5.74, 6) is -0.559. The zero-order valence-corrected chi connectivity index (χ0v) is 13.4. The van der Waals surface area contributed by atoms with E-state index < -0.39 is 11.9 Å². The Hall–Kier alpha value is -3.32. The number of hydrogen-bond donors (Lipinski definition) is 2. The summed E-state index contributed by atoms with van der Waals surface area (Å²) in [4.78, 5) is 22.6. The number of carboxylic acids is 1. The summed E-state index contributed by atoms with van der Waals surface area (Å²) in [6, 6.07) is 10.9. The van der Waals surface area contributed by atoms with Crippen molar-refractivity contribution in [3.05, 3.63) is 70.8 Å². The van der Waals surface area contributed by atoms with Crippen molar-refractivity contribution in [2.24, 2.45) is 5.10 Å². The van der Waals surface area contributed by atoms with Crippen molar-refractivity contribution in [1.29, 1.82) is 0 Å². The smallest absolute Gasteiger partial charge is 0.337 e. The van der Waals surface area contributed by atoms with E-state index in [4.69, 9.17) is 25.5 Å². The number of aromatic carboxylic acids is 1. The number of carbonyl (C=O) groups excluding carboxylic acids is 1. The van der Waals surface area contributed by atoms with Crippen LogP contribution in [0.4, 0.5) is 0 Å². The molecule has 1 aromatic carbocycles. The van der Waals surface area contributed by atoms with E-state index in [0.717, 1.165) is 0 Å². The normalized spacial score (nSPS) is 10.9. The number of carbonyl (C=O) groups is 2. The fraction of sp³-hybridized carbons (Fsp3) is 0. The quantitative estimate of drug-likeness (QED) is 0.535. The fourth-order valence-corrected chi connectivity index (χ4v) is 2.30. The van der Waals surface area contributed by atoms with Crippen LogP contribution >= 0.6 is 11.6 Å². The number of rotatable bonds is 5. The van der Waals surface area contributed by atoms with Crippen LogP contribution in [-0.2, 0) is 0 Å². The van der Waals surface area contributed by atoms with Crippen molar-refractivity contribution >= 4 is 29.7 Å². The number of nitrogens with one attached hydrogen (secondary N) is 1. The van der Waals surface area contributed by atoms with Gasteiger partial charge in [-0.25, -0.2) is 10.2 Å². The third kappa shape index (κ3) is 3.78. The summed E-state index contributed by atoms with van der Waals surface area (Å²) in [7, 11) is 0. The molecule has 3 rings (SSSR count). The number of halogens is 1. The van der Waals surface area contributed by atoms with Crippen molar-refractivity contribution in [2.45, 2.75) is 0 Å². The third-order valence-electron chi connectivity index (χ3n) is 3.21. The summed E-state index contributed by atoms with van der Waals surface area (Å²) in [6.07, 6.45) is 2.72. The third-order valence-corrected chi connectivity index (χ3v) is 3.53. The van der Waals surface area contributed by atoms with Crippen LogP contribution in [0.5, 0.6) is 0 Å². The summed E-state index contributed by atoms with van der Waals surface area (Å²) in [5.41, 5.74) is 2.94. The molecular weight excluding hydrogens is 348 g/mol. The van der Waals surface area contributed by atoms with Crippen molar-refractivity contribution in [3.63, 3.8) is 0 Å². The molecule has 3 aromatic rings. The molecule has 0 radical (unpaired) electrons. The highest BCUT2D eigenvalue weighted by atomic mass is 35.5. The van der Waals surface area contributed by atoms with Crippen LogP contribution in [0.2, 0.25) is 5.02 Å². The summed E-state index contributed by atoms with van der Waals surface area (Å²) < 4.78 is 10.5. The lowest BCUT2D eigenvalue weighted by Gasteiger charge is -2.01. The van der Waals surface area contributed by atoms with E-state index in [1.807, 2.05) is 0 Å². The van der Waals surface area contributed by atoms with Gasteiger partial charge >= 0.3 is 11.9 Å². The zero-order chi connectivity index (χ0) is 17.8. The fourth-order valence-electron chi connectivity index (χ4n) is 2.04. The van der Waals surface area contributed by atoms with Crippen LogP contribution in [-0.4, -0.2) is 23.2 Å². The van der Waals surface area contributed by atoms with E-state index >= 15 is 0 Å². The largest absolute Gasteiger partial charge is 0.478 e. The highest BCUT2D eigenvalue weighted by molar-refractivity contribution is 6.33. The molecule has 2 heterocycles. The van der Waals surface area contributed by atoms with E-state index in [1.165, 1.54) is 30.7 Å². The van der Waals surface area contributed by atoms with Crippen LogP contribution in [0, 0.1) is 0 Å². The molecule has 0 saturated heterocycles. The Balaban J connectivity index is 1.70. The second-order valence-corrected chi connectivity index (χ2v) is 5.29. The molecule has 0 aliphatic carbocycles. The molecular formula is C17H11ClN2O5. The SMILES string of the molecule is O=C(N/N=C/c1ccc(-c2ccc(C(=O)O)c(Cl)c2)o1)c1ccco1. The first-order valence-corrected chi connectivity index (χ1v) is 7.42. The number of furan rings is 2. The number of carboxylic acid groups (broad SMARTS) is 1. The first-order chi connectivity index (χ1) is 12.0. The van der Waals surface area contributed by atoms with Gasteiger partial charge in [-0.3, -0.25) is 4.79 Å². The van der Waals surface area contributed by atoms with Gasteiger partial charge in [0.05, 0.1) is 23.1 Å². The Bertz CT molecular complexity index is 944. The Morgan fingerprint density at radius 1 is 1.20 bits per heavy atom. The number of nitrogens with zero attached hydrogens (tertiary/aromatic N) is 1. The summed E-state index contributed by atoms with van der Waals surface area (Å²) in [5, 5.41) is 12.9. The molecule has 8 heteroatoms. The van der Waals surface area contributed by atoms with E-state index in [2.05, 4.69) is 10.5 Å². The molecule has 1 amide bonds. The first-order valence-electron chi connectivity index (χ1n) is 7.04. The van der Waals surface area contributed by atoms with Gasteiger partial charge in [-0.1, -0.05) is 17.7 Å². The van der Waals surface area contributed by atoms with E-state index in [9.17, 15) is 9.59 Å². The predicted octanol–water partition coefficient (Wildman–Crippen LogP) is 3.66. The molecule has 0 spiro atoms. The Labute approximate surface area is 146 Å². The summed E-state index contributed by atoms with van der Waals surface area (Å²) >= 11 is 5.94. The van der Waals surface area contributed by atoms with E-state index in [-0.39, 0.29) is 16.3 Å². The average molecular weight is 359 g/mol. The van der Waals surface area contributed by atoms with E-state index in [0.29, 0.717) is 17.1 Å². The van der Waals surface area contributed by atoms with Crippen molar-refractivity contribution < 1.29 is 23.5 Å². The molecule has 0 saturated carbocycles. The monoisotopic (exact) mass is 358 g/mol. The number of benzene rings is 1. The molecule has 126 valence electrons. The number of amides is 1. The van der Waals surface area contributed by atoms with Crippen molar-refractivity contribution in [2.75, 3.05) is 0 Å². The highest BCUT2D eigenvalue weighted by Crippen LogP contribution is 2.27. The van der Waals surface area contributed by atoms with Crippen LogP contribution in [0.15, 0.2) is 62.7 Å². The second kappa shape index (κ2) is 7.06. The molecule has 0 fully saturated rings. The maximum atomic E-state index is 11.6. The lowest BCUT2D eigenvalue weighted by molar-refractivity contribution is 0.0696. The predicted molar refractivity (Wildman–Crippen MR) is 89.9 cm³/mol. The number of hydrogen-bond acceptors (Lipinski definition) is 5. The average Bonchev–Trinajstić information content (AvgIpc) is 3.26. The Kier molecular flexibility index (Phi) is 4.67. The molecule has 7 nitrogen and oxygen atoms in total. The Morgan fingerprint density at radius 2 is 2.04 bits per heavy atom. The van der Waals surface area contributed by atoms with Crippen molar-refractivity contribution in [1.82, 2.24) is 5.43 Å². The maximum absolute atomic E-state index is 11.6. The molecule has 2 N–H and O–H groups in total. The van der Waals surface area contributed by atoms with Gasteiger partial charge in [-0.2, -0.15) is 5.10 Å². The number of hydrazone groups is 1. The molecule has 2 aromatic heterocycles. The molecule has 0 atom stereocenters. The van der Waals surface area contributed by atoms with Gasteiger partial charge in [0.2, 0.25) is 0 Å². The van der Waals surface area contributed by atoms with Crippen LogP contribution in [0.1, 0.15) is 26.7 Å². The van der Waals surface area contributed by atoms with Gasteiger partial charge in [0, 0.05) is 5.56 Å². The summed E-state index contributed by atoms with van der Waals surface area (Å²) in [6.45, 7) is 0. The van der Waals surface area contributed by atoms with Crippen LogP contribution in [0.25, 0.3) is 11.3 Å². The minimum Gasteiger partial charge on any atom is -0.478 e. The lowest BCUT2D eigenvalue weighted by Crippen LogP contribution is -2.16.